The van der Waals surface area contributed by atoms with Gasteiger partial charge in [-0.15, -0.1) is 6.58 Å². The van der Waals surface area contributed by atoms with Crippen molar-refractivity contribution in [1.29, 1.82) is 0 Å². The molecule has 0 unspecified atom stereocenters. The van der Waals surface area contributed by atoms with Crippen molar-refractivity contribution in [3.8, 4) is 5.75 Å². The van der Waals surface area contributed by atoms with Crippen molar-refractivity contribution in [2.75, 3.05) is 6.54 Å². The molecule has 0 aromatic heterocycles. The van der Waals surface area contributed by atoms with Gasteiger partial charge in [-0.05, 0) is 35.4 Å². The molecular weight excluding hydrogens is 270 g/mol. The first kappa shape index (κ1) is 14.6. The molecule has 3 heteroatoms. The summed E-state index contributed by atoms with van der Waals surface area (Å²) in [5, 5.41) is 4.00. The Morgan fingerprint density at radius 2 is 1.65 bits per heavy atom. The summed E-state index contributed by atoms with van der Waals surface area (Å²) in [5.74, 6) is 0.868. The maximum atomic E-state index is 5.85. The van der Waals surface area contributed by atoms with Crippen LogP contribution in [0.25, 0.3) is 0 Å². The molecule has 0 bridgehead atoms. The summed E-state index contributed by atoms with van der Waals surface area (Å²) < 4.78 is 5.73. The summed E-state index contributed by atoms with van der Waals surface area (Å²) in [6.07, 6.45) is 1.85. The van der Waals surface area contributed by atoms with Crippen LogP contribution in [-0.2, 0) is 13.2 Å². The number of halogens is 1. The lowest BCUT2D eigenvalue weighted by molar-refractivity contribution is 0.306. The molecule has 0 amide bonds. The van der Waals surface area contributed by atoms with Gasteiger partial charge in [0.1, 0.15) is 12.4 Å². The van der Waals surface area contributed by atoms with Gasteiger partial charge in [-0.3, -0.25) is 0 Å². The average molecular weight is 288 g/mol. The first-order valence-corrected chi connectivity index (χ1v) is 6.93. The van der Waals surface area contributed by atoms with Crippen LogP contribution in [-0.4, -0.2) is 6.54 Å². The average Bonchev–Trinajstić information content (AvgIpc) is 2.48. The fourth-order valence-corrected chi connectivity index (χ4v) is 1.90. The molecule has 1 N–H and O–H groups in total. The third kappa shape index (κ3) is 4.72. The van der Waals surface area contributed by atoms with Crippen LogP contribution in [0.4, 0.5) is 0 Å². The van der Waals surface area contributed by atoms with Crippen molar-refractivity contribution in [3.63, 3.8) is 0 Å². The zero-order chi connectivity index (χ0) is 14.2. The van der Waals surface area contributed by atoms with Crippen LogP contribution in [0.15, 0.2) is 61.2 Å². The molecule has 0 fully saturated rings. The van der Waals surface area contributed by atoms with E-state index >= 15 is 0 Å². The molecule has 104 valence electrons. The molecule has 0 saturated heterocycles. The lowest BCUT2D eigenvalue weighted by Crippen LogP contribution is -2.12. The van der Waals surface area contributed by atoms with E-state index in [0.717, 1.165) is 29.4 Å². The van der Waals surface area contributed by atoms with Crippen LogP contribution < -0.4 is 10.1 Å². The van der Waals surface area contributed by atoms with E-state index in [9.17, 15) is 0 Å². The van der Waals surface area contributed by atoms with E-state index in [1.54, 1.807) is 0 Å². The monoisotopic (exact) mass is 287 g/mol. The van der Waals surface area contributed by atoms with Gasteiger partial charge in [0.2, 0.25) is 0 Å². The summed E-state index contributed by atoms with van der Waals surface area (Å²) in [6, 6.07) is 15.8. The first-order valence-electron chi connectivity index (χ1n) is 6.56. The number of rotatable bonds is 7. The smallest absolute Gasteiger partial charge is 0.119 e. The second-order valence-corrected chi connectivity index (χ2v) is 4.92. The van der Waals surface area contributed by atoms with Gasteiger partial charge in [0.15, 0.2) is 0 Å². The van der Waals surface area contributed by atoms with E-state index in [1.807, 2.05) is 42.5 Å². The highest BCUT2D eigenvalue weighted by Crippen LogP contribution is 2.15. The Labute approximate surface area is 125 Å². The highest BCUT2D eigenvalue weighted by molar-refractivity contribution is 6.30. The fraction of sp³-hybridized carbons (Fsp3) is 0.176. The Morgan fingerprint density at radius 1 is 1.00 bits per heavy atom. The van der Waals surface area contributed by atoms with E-state index < -0.39 is 0 Å². The Balaban J connectivity index is 1.84. The molecule has 0 spiro atoms. The molecule has 2 aromatic rings. The van der Waals surface area contributed by atoms with E-state index in [-0.39, 0.29) is 0 Å². The van der Waals surface area contributed by atoms with Crippen LogP contribution in [0, 0.1) is 0 Å². The van der Waals surface area contributed by atoms with Gasteiger partial charge in [0.05, 0.1) is 0 Å². The zero-order valence-corrected chi connectivity index (χ0v) is 12.1. The number of ether oxygens (including phenoxy) is 1. The number of hydrogen-bond donors (Lipinski definition) is 1. The molecule has 20 heavy (non-hydrogen) atoms. The normalized spacial score (nSPS) is 10.2. The second kappa shape index (κ2) is 7.73. The quantitative estimate of drug-likeness (QED) is 0.609. The minimum absolute atomic E-state index is 0.547. The summed E-state index contributed by atoms with van der Waals surface area (Å²) in [5.41, 5.74) is 2.33. The van der Waals surface area contributed by atoms with Crippen molar-refractivity contribution in [2.45, 2.75) is 13.2 Å². The maximum absolute atomic E-state index is 5.85. The molecule has 0 aliphatic rings. The van der Waals surface area contributed by atoms with E-state index in [0.29, 0.717) is 6.61 Å². The molecule has 0 saturated carbocycles. The summed E-state index contributed by atoms with van der Waals surface area (Å²) in [7, 11) is 0. The van der Waals surface area contributed by atoms with Crippen molar-refractivity contribution in [1.82, 2.24) is 5.32 Å². The van der Waals surface area contributed by atoms with Crippen LogP contribution in [0.3, 0.4) is 0 Å². The molecule has 0 aliphatic carbocycles. The number of benzene rings is 2. The Hall–Kier alpha value is -1.77. The van der Waals surface area contributed by atoms with Crippen LogP contribution in [0.5, 0.6) is 5.75 Å². The van der Waals surface area contributed by atoms with Gasteiger partial charge < -0.3 is 10.1 Å². The number of hydrogen-bond acceptors (Lipinski definition) is 2. The lowest BCUT2D eigenvalue weighted by Gasteiger charge is -2.08. The van der Waals surface area contributed by atoms with Gasteiger partial charge >= 0.3 is 0 Å². The van der Waals surface area contributed by atoms with Gasteiger partial charge in [-0.1, -0.05) is 41.9 Å². The molecule has 0 aliphatic heterocycles. The molecular formula is C17H18ClNO. The van der Waals surface area contributed by atoms with E-state index in [2.05, 4.69) is 24.0 Å². The number of nitrogens with one attached hydrogen (secondary N) is 1. The predicted octanol–water partition coefficient (Wildman–Crippen LogP) is 4.19. The Bertz CT molecular complexity index is 534. The van der Waals surface area contributed by atoms with Crippen LogP contribution >= 0.6 is 11.6 Å². The standard InChI is InChI=1S/C17H18ClNO/c1-2-11-19-12-14-5-9-17(10-6-14)20-13-15-3-7-16(18)8-4-15/h2-10,19H,1,11-13H2. The van der Waals surface area contributed by atoms with Crippen molar-refractivity contribution in [2.24, 2.45) is 0 Å². The van der Waals surface area contributed by atoms with Gasteiger partial charge in [-0.2, -0.15) is 0 Å². The summed E-state index contributed by atoms with van der Waals surface area (Å²) >= 11 is 5.85. The third-order valence-corrected chi connectivity index (χ3v) is 3.11. The van der Waals surface area contributed by atoms with Crippen molar-refractivity contribution >= 4 is 11.6 Å². The summed E-state index contributed by atoms with van der Waals surface area (Å²) in [4.78, 5) is 0. The highest BCUT2D eigenvalue weighted by atomic mass is 35.5. The lowest BCUT2D eigenvalue weighted by atomic mass is 10.2. The fourth-order valence-electron chi connectivity index (χ4n) is 1.77. The van der Waals surface area contributed by atoms with E-state index in [1.165, 1.54) is 5.56 Å². The predicted molar refractivity (Wildman–Crippen MR) is 84.1 cm³/mol. The molecule has 2 nitrogen and oxygen atoms in total. The second-order valence-electron chi connectivity index (χ2n) is 4.48. The molecule has 0 heterocycles. The van der Waals surface area contributed by atoms with Gasteiger partial charge in [0.25, 0.3) is 0 Å². The van der Waals surface area contributed by atoms with Gasteiger partial charge in [-0.25, -0.2) is 0 Å². The molecule has 2 aromatic carbocycles. The third-order valence-electron chi connectivity index (χ3n) is 2.86. The highest BCUT2D eigenvalue weighted by Gasteiger charge is 1.97. The minimum atomic E-state index is 0.547. The molecule has 0 radical (unpaired) electrons. The topological polar surface area (TPSA) is 21.3 Å². The van der Waals surface area contributed by atoms with Crippen molar-refractivity contribution in [3.05, 3.63) is 77.3 Å². The first-order chi connectivity index (χ1) is 9.78. The van der Waals surface area contributed by atoms with Crippen LogP contribution in [0.1, 0.15) is 11.1 Å². The molecule has 2 rings (SSSR count). The maximum Gasteiger partial charge on any atom is 0.119 e. The van der Waals surface area contributed by atoms with E-state index in [4.69, 9.17) is 16.3 Å². The van der Waals surface area contributed by atoms with Gasteiger partial charge in [0, 0.05) is 18.1 Å². The zero-order valence-electron chi connectivity index (χ0n) is 11.3. The largest absolute Gasteiger partial charge is 0.489 e. The molecule has 0 atom stereocenters. The van der Waals surface area contributed by atoms with Crippen molar-refractivity contribution < 1.29 is 4.74 Å². The summed E-state index contributed by atoms with van der Waals surface area (Å²) in [6.45, 7) is 5.87. The minimum Gasteiger partial charge on any atom is -0.489 e. The van der Waals surface area contributed by atoms with Crippen LogP contribution in [0.2, 0.25) is 5.02 Å². The Morgan fingerprint density at radius 3 is 2.30 bits per heavy atom. The SMILES string of the molecule is C=CCNCc1ccc(OCc2ccc(Cl)cc2)cc1. The Kier molecular flexibility index (Phi) is 5.66.